The fourth-order valence-corrected chi connectivity index (χ4v) is 6.57. The van der Waals surface area contributed by atoms with E-state index in [1.807, 2.05) is 20.8 Å². The molecule has 0 amide bonds. The van der Waals surface area contributed by atoms with Crippen LogP contribution in [0.3, 0.4) is 0 Å². The van der Waals surface area contributed by atoms with Crippen molar-refractivity contribution in [3.63, 3.8) is 0 Å². The van der Waals surface area contributed by atoms with Crippen molar-refractivity contribution in [3.8, 4) is 0 Å². The lowest BCUT2D eigenvalue weighted by Gasteiger charge is -2.60. The molecule has 3 saturated carbocycles. The number of hydrogen-bond acceptors (Lipinski definition) is 5. The number of nitrogens with one attached hydrogen (secondary N) is 1. The fourth-order valence-electron chi connectivity index (χ4n) is 6.57. The lowest BCUT2D eigenvalue weighted by Crippen LogP contribution is -2.62. The number of ketones is 1. The molecule has 3 aliphatic carbocycles. The molecule has 6 nitrogen and oxygen atoms in total. The SMILES string of the molecule is C=C[C@]1(C)C[C@@H](O)[C@]2(C)[C@H](C)CC[C@]3(CC(=[N+]=N)C(=O)[C@H]32)[C@@H](C)[C@@H]1OC=O. The number of aliphatic hydroxyl groups is 1. The van der Waals surface area contributed by atoms with Gasteiger partial charge in [-0.2, -0.15) is 0 Å². The number of nitrogens with zero attached hydrogens (tertiary/aromatic N) is 1. The van der Waals surface area contributed by atoms with Crippen molar-refractivity contribution < 1.29 is 24.2 Å². The lowest BCUT2D eigenvalue weighted by atomic mass is 9.44. The predicted octanol–water partition coefficient (Wildman–Crippen LogP) is 2.81. The maximum atomic E-state index is 13.3. The Balaban J connectivity index is 2.29. The largest absolute Gasteiger partial charge is 0.463 e. The third-order valence-corrected chi connectivity index (χ3v) is 8.51. The monoisotopic (exact) mass is 375 g/mol. The summed E-state index contributed by atoms with van der Waals surface area (Å²) in [7, 11) is 0. The number of ether oxygens (including phenoxy) is 1. The highest BCUT2D eigenvalue weighted by molar-refractivity contribution is 6.40. The maximum Gasteiger partial charge on any atom is 0.384 e. The van der Waals surface area contributed by atoms with Crippen molar-refractivity contribution in [1.82, 2.24) is 0 Å². The van der Waals surface area contributed by atoms with Crippen LogP contribution < -0.4 is 0 Å². The van der Waals surface area contributed by atoms with Crippen molar-refractivity contribution >= 4 is 18.0 Å². The number of aliphatic hydroxyl groups excluding tert-OH is 1. The molecular formula is C21H31N2O4+. The second kappa shape index (κ2) is 6.39. The van der Waals surface area contributed by atoms with E-state index in [4.69, 9.17) is 10.3 Å². The van der Waals surface area contributed by atoms with Gasteiger partial charge in [-0.3, -0.25) is 9.59 Å². The van der Waals surface area contributed by atoms with E-state index in [0.717, 1.165) is 12.8 Å². The molecule has 3 fully saturated rings. The van der Waals surface area contributed by atoms with E-state index in [2.05, 4.69) is 18.3 Å². The zero-order valence-electron chi connectivity index (χ0n) is 16.7. The van der Waals surface area contributed by atoms with Crippen LogP contribution >= 0.6 is 0 Å². The molecule has 2 bridgehead atoms. The van der Waals surface area contributed by atoms with Crippen LogP contribution in [0.1, 0.15) is 53.4 Å². The third kappa shape index (κ3) is 2.43. The summed E-state index contributed by atoms with van der Waals surface area (Å²) in [6.07, 6.45) is 2.97. The molecule has 0 unspecified atom stereocenters. The normalized spacial score (nSPS) is 49.4. The Kier molecular flexibility index (Phi) is 4.72. The Morgan fingerprint density at radius 1 is 1.37 bits per heavy atom. The van der Waals surface area contributed by atoms with Crippen LogP contribution in [0.2, 0.25) is 0 Å². The van der Waals surface area contributed by atoms with Gasteiger partial charge in [0.25, 0.3) is 6.47 Å². The van der Waals surface area contributed by atoms with Crippen LogP contribution in [0, 0.1) is 39.5 Å². The van der Waals surface area contributed by atoms with Gasteiger partial charge in [0.05, 0.1) is 22.8 Å². The second-order valence-corrected chi connectivity index (χ2v) is 9.44. The molecule has 0 aromatic rings. The van der Waals surface area contributed by atoms with Gasteiger partial charge in [-0.05, 0) is 30.6 Å². The minimum atomic E-state index is -0.750. The minimum absolute atomic E-state index is 0.114. The molecule has 0 spiro atoms. The molecule has 0 radical (unpaired) electrons. The van der Waals surface area contributed by atoms with Crippen LogP contribution in [-0.4, -0.2) is 40.1 Å². The van der Waals surface area contributed by atoms with Gasteiger partial charge < -0.3 is 9.84 Å². The number of Topliss-reactive ketones (excluding diaryl/α,β-unsaturated/α-hetero) is 1. The molecule has 0 aliphatic heterocycles. The van der Waals surface area contributed by atoms with Gasteiger partial charge in [-0.15, -0.1) is 6.58 Å². The van der Waals surface area contributed by atoms with Crippen molar-refractivity contribution in [2.75, 3.05) is 0 Å². The van der Waals surface area contributed by atoms with E-state index < -0.39 is 34.4 Å². The average molecular weight is 375 g/mol. The van der Waals surface area contributed by atoms with Crippen LogP contribution in [0.15, 0.2) is 12.7 Å². The maximum absolute atomic E-state index is 13.3. The van der Waals surface area contributed by atoms with E-state index in [1.54, 1.807) is 6.08 Å². The molecule has 6 heteroatoms. The number of carbonyl (C=O) groups is 2. The molecule has 2 N–H and O–H groups in total. The van der Waals surface area contributed by atoms with Gasteiger partial charge in [0, 0.05) is 22.7 Å². The molecule has 3 aliphatic rings. The molecule has 0 aromatic heterocycles. The molecule has 148 valence electrons. The fraction of sp³-hybridized carbons (Fsp3) is 0.762. The lowest BCUT2D eigenvalue weighted by molar-refractivity contribution is -0.198. The summed E-state index contributed by atoms with van der Waals surface area (Å²) < 4.78 is 5.58. The molecule has 8 atom stereocenters. The van der Waals surface area contributed by atoms with E-state index in [1.165, 1.54) is 0 Å². The van der Waals surface area contributed by atoms with E-state index >= 15 is 0 Å². The van der Waals surface area contributed by atoms with Gasteiger partial charge in [0.15, 0.2) is 0 Å². The highest BCUT2D eigenvalue weighted by atomic mass is 16.5. The van der Waals surface area contributed by atoms with Gasteiger partial charge in [0.1, 0.15) is 6.10 Å². The Bertz CT molecular complexity index is 730. The summed E-state index contributed by atoms with van der Waals surface area (Å²) in [6, 6.07) is 0. The van der Waals surface area contributed by atoms with Gasteiger partial charge in [-0.1, -0.05) is 33.8 Å². The molecule has 3 rings (SSSR count). The molecule has 0 saturated heterocycles. The topological polar surface area (TPSA) is 102 Å². The van der Waals surface area contributed by atoms with Crippen LogP contribution in [0.25, 0.3) is 0 Å². The predicted molar refractivity (Wildman–Crippen MR) is 99.1 cm³/mol. The summed E-state index contributed by atoms with van der Waals surface area (Å²) in [5.41, 5.74) is 6.09. The molecule has 27 heavy (non-hydrogen) atoms. The van der Waals surface area contributed by atoms with Crippen molar-refractivity contribution in [2.24, 2.45) is 34.0 Å². The number of hydrogen-bond donors (Lipinski definition) is 2. The average Bonchev–Trinajstić information content (AvgIpc) is 2.95. The first-order valence-corrected chi connectivity index (χ1v) is 9.80. The van der Waals surface area contributed by atoms with Crippen LogP contribution in [-0.2, 0) is 14.3 Å². The highest BCUT2D eigenvalue weighted by Crippen LogP contribution is 2.67. The van der Waals surface area contributed by atoms with E-state index in [9.17, 15) is 14.7 Å². The standard InChI is InChI=1S/C21H31N2O4/c1-6-19(4)10-15(25)20(5)12(2)7-8-21(13(3)18(19)27-11-24)9-14(23-22)16(26)17(20)21/h6,11-13,15,17-18,22,25H,1,7-10H2,2-5H3/q+1/t12-,13+,15-,17+,18+,19-,20+,21+/m1/s1. The summed E-state index contributed by atoms with van der Waals surface area (Å²) in [6.45, 7) is 12.6. The summed E-state index contributed by atoms with van der Waals surface area (Å²) >= 11 is 0. The van der Waals surface area contributed by atoms with Crippen molar-refractivity contribution in [2.45, 2.75) is 65.6 Å². The number of carbonyl (C=O) groups excluding carboxylic acids is 2. The molecule has 0 heterocycles. The quantitative estimate of drug-likeness (QED) is 0.343. The Morgan fingerprint density at radius 3 is 2.59 bits per heavy atom. The first-order chi connectivity index (χ1) is 12.6. The Labute approximate surface area is 160 Å². The zero-order chi connectivity index (χ0) is 20.2. The second-order valence-electron chi connectivity index (χ2n) is 9.44. The van der Waals surface area contributed by atoms with Crippen LogP contribution in [0.5, 0.6) is 0 Å². The van der Waals surface area contributed by atoms with Gasteiger partial charge in [-0.25, -0.2) is 0 Å². The first kappa shape index (κ1) is 20.0. The summed E-state index contributed by atoms with van der Waals surface area (Å²) in [5.74, 6) is -0.505. The Morgan fingerprint density at radius 2 is 2.04 bits per heavy atom. The third-order valence-electron chi connectivity index (χ3n) is 8.51. The van der Waals surface area contributed by atoms with E-state index in [0.29, 0.717) is 19.3 Å². The van der Waals surface area contributed by atoms with Gasteiger partial charge in [0.2, 0.25) is 5.78 Å². The van der Waals surface area contributed by atoms with Crippen LogP contribution in [0.4, 0.5) is 0 Å². The molecule has 0 aromatic carbocycles. The highest BCUT2D eigenvalue weighted by Gasteiger charge is 2.71. The minimum Gasteiger partial charge on any atom is -0.463 e. The number of rotatable bonds is 3. The van der Waals surface area contributed by atoms with Gasteiger partial charge >= 0.3 is 5.71 Å². The first-order valence-electron chi connectivity index (χ1n) is 9.80. The summed E-state index contributed by atoms with van der Waals surface area (Å²) in [4.78, 5) is 28.2. The van der Waals surface area contributed by atoms with Crippen molar-refractivity contribution in [1.29, 1.82) is 5.53 Å². The van der Waals surface area contributed by atoms with E-state index in [-0.39, 0.29) is 23.3 Å². The summed E-state index contributed by atoms with van der Waals surface area (Å²) in [5, 5.41) is 11.4. The van der Waals surface area contributed by atoms with Crippen molar-refractivity contribution in [3.05, 3.63) is 12.7 Å². The Hall–Kier alpha value is -1.78. The molecular weight excluding hydrogens is 344 g/mol. The smallest absolute Gasteiger partial charge is 0.384 e. The zero-order valence-corrected chi connectivity index (χ0v) is 16.7.